The number of thiazole rings is 1. The van der Waals surface area contributed by atoms with E-state index in [1.807, 2.05) is 25.1 Å². The van der Waals surface area contributed by atoms with Crippen LogP contribution in [0.5, 0.6) is 11.5 Å². The smallest absolute Gasteiger partial charge is 0.262 e. The zero-order valence-corrected chi connectivity index (χ0v) is 17.0. The Bertz CT molecular complexity index is 1230. The number of carbonyl (C=O) groups excluding carboxylic acids is 1. The van der Waals surface area contributed by atoms with Gasteiger partial charge in [0.05, 0.1) is 5.69 Å². The number of aromatic nitrogens is 2. The fourth-order valence-corrected chi connectivity index (χ4v) is 3.67. The summed E-state index contributed by atoms with van der Waals surface area (Å²) in [6, 6.07) is 17.6. The number of nitrogens with zero attached hydrogens (tertiary/aromatic N) is 2. The van der Waals surface area contributed by atoms with Crippen LogP contribution in [0.25, 0.3) is 4.96 Å². The quantitative estimate of drug-likeness (QED) is 0.492. The van der Waals surface area contributed by atoms with Crippen LogP contribution < -0.4 is 20.3 Å². The van der Waals surface area contributed by atoms with Gasteiger partial charge in [-0.05, 0) is 31.2 Å². The first-order chi connectivity index (χ1) is 14.6. The van der Waals surface area contributed by atoms with Gasteiger partial charge >= 0.3 is 0 Å². The average Bonchev–Trinajstić information content (AvgIpc) is 3.13. The summed E-state index contributed by atoms with van der Waals surface area (Å²) < 4.78 is 12.7. The molecule has 8 heteroatoms. The lowest BCUT2D eigenvalue weighted by Gasteiger charge is -2.10. The molecular formula is C22H19N3O4S. The predicted octanol–water partition coefficient (Wildman–Crippen LogP) is 3.66. The van der Waals surface area contributed by atoms with Gasteiger partial charge in [-0.15, -0.1) is 11.3 Å². The minimum atomic E-state index is -0.274. The summed E-state index contributed by atoms with van der Waals surface area (Å²) in [6.45, 7) is 1.99. The Morgan fingerprint density at radius 3 is 2.70 bits per heavy atom. The van der Waals surface area contributed by atoms with Crippen molar-refractivity contribution in [3.05, 3.63) is 87.8 Å². The molecule has 7 nitrogen and oxygen atoms in total. The molecule has 152 valence electrons. The molecule has 4 rings (SSSR count). The Morgan fingerprint density at radius 1 is 1.07 bits per heavy atom. The first kappa shape index (κ1) is 19.7. The average molecular weight is 421 g/mol. The maximum atomic E-state index is 12.2. The highest BCUT2D eigenvalue weighted by Crippen LogP contribution is 2.19. The zero-order valence-electron chi connectivity index (χ0n) is 16.2. The van der Waals surface area contributed by atoms with Gasteiger partial charge in [-0.25, -0.2) is 4.98 Å². The molecule has 1 amide bonds. The third-order valence-corrected chi connectivity index (χ3v) is 5.05. The maximum absolute atomic E-state index is 12.2. The van der Waals surface area contributed by atoms with Crippen LogP contribution in [-0.2, 0) is 11.4 Å². The van der Waals surface area contributed by atoms with Gasteiger partial charge in [0.15, 0.2) is 11.6 Å². The standard InChI is InChI=1S/C22H19N3O4S/c1-15-12-25-21(27)11-17(24-22(25)30-15)13-28-19-9-5-6-16(10-19)23-20(26)14-29-18-7-3-2-4-8-18/h2-12H,13-14H2,1H3,(H,23,26). The maximum Gasteiger partial charge on any atom is 0.262 e. The van der Waals surface area contributed by atoms with Crippen LogP contribution in [0.2, 0.25) is 0 Å². The number of benzene rings is 2. The van der Waals surface area contributed by atoms with Crippen molar-refractivity contribution in [2.24, 2.45) is 0 Å². The first-order valence-corrected chi connectivity index (χ1v) is 10.1. The van der Waals surface area contributed by atoms with E-state index in [4.69, 9.17) is 9.47 Å². The molecule has 2 aromatic carbocycles. The molecule has 0 unspecified atom stereocenters. The number of carbonyl (C=O) groups is 1. The van der Waals surface area contributed by atoms with Crippen molar-refractivity contribution in [2.75, 3.05) is 11.9 Å². The molecule has 1 N–H and O–H groups in total. The third kappa shape index (κ3) is 4.84. The van der Waals surface area contributed by atoms with Crippen molar-refractivity contribution >= 4 is 27.9 Å². The van der Waals surface area contributed by atoms with Gasteiger partial charge in [0.2, 0.25) is 0 Å². The molecule has 2 aromatic heterocycles. The molecule has 2 heterocycles. The summed E-state index contributed by atoms with van der Waals surface area (Å²) in [6.07, 6.45) is 1.77. The van der Waals surface area contributed by atoms with Gasteiger partial charge in [-0.3, -0.25) is 14.0 Å². The molecule has 0 aliphatic rings. The van der Waals surface area contributed by atoms with Crippen LogP contribution in [0.3, 0.4) is 0 Å². The van der Waals surface area contributed by atoms with Crippen LogP contribution >= 0.6 is 11.3 Å². The van der Waals surface area contributed by atoms with Crippen LogP contribution in [0, 0.1) is 6.92 Å². The monoisotopic (exact) mass is 421 g/mol. The molecular weight excluding hydrogens is 402 g/mol. The van der Waals surface area contributed by atoms with E-state index in [2.05, 4.69) is 10.3 Å². The van der Waals surface area contributed by atoms with Crippen molar-refractivity contribution < 1.29 is 14.3 Å². The Morgan fingerprint density at radius 2 is 1.87 bits per heavy atom. The highest BCUT2D eigenvalue weighted by atomic mass is 32.1. The molecule has 0 spiro atoms. The van der Waals surface area contributed by atoms with Crippen molar-refractivity contribution in [1.82, 2.24) is 9.38 Å². The van der Waals surface area contributed by atoms with Crippen molar-refractivity contribution in [3.63, 3.8) is 0 Å². The fraction of sp³-hybridized carbons (Fsp3) is 0.136. The van der Waals surface area contributed by atoms with Crippen molar-refractivity contribution in [1.29, 1.82) is 0 Å². The Kier molecular flexibility index (Phi) is 5.76. The number of hydrogen-bond donors (Lipinski definition) is 1. The van der Waals surface area contributed by atoms with Gasteiger partial charge in [-0.2, -0.15) is 0 Å². The van der Waals surface area contributed by atoms with Gasteiger partial charge in [0.25, 0.3) is 11.5 Å². The highest BCUT2D eigenvalue weighted by molar-refractivity contribution is 7.16. The SMILES string of the molecule is Cc1cn2c(=O)cc(COc3cccc(NC(=O)COc4ccccc4)c3)nc2s1. The first-order valence-electron chi connectivity index (χ1n) is 9.26. The predicted molar refractivity (Wildman–Crippen MR) is 115 cm³/mol. The van der Waals surface area contributed by atoms with Crippen molar-refractivity contribution in [3.8, 4) is 11.5 Å². The Labute approximate surface area is 176 Å². The normalized spacial score (nSPS) is 10.7. The minimum absolute atomic E-state index is 0.0940. The molecule has 0 fully saturated rings. The second-order valence-corrected chi connectivity index (χ2v) is 7.76. The minimum Gasteiger partial charge on any atom is -0.487 e. The number of anilines is 1. The topological polar surface area (TPSA) is 81.9 Å². The Balaban J connectivity index is 1.36. The van der Waals surface area contributed by atoms with E-state index in [0.717, 1.165) is 4.88 Å². The lowest BCUT2D eigenvalue weighted by Crippen LogP contribution is -2.20. The molecule has 0 saturated heterocycles. The van der Waals surface area contributed by atoms with E-state index in [-0.39, 0.29) is 24.7 Å². The summed E-state index contributed by atoms with van der Waals surface area (Å²) >= 11 is 1.45. The van der Waals surface area contributed by atoms with Gasteiger partial charge in [0, 0.05) is 28.9 Å². The lowest BCUT2D eigenvalue weighted by atomic mass is 10.3. The number of fused-ring (bicyclic) bond motifs is 1. The summed E-state index contributed by atoms with van der Waals surface area (Å²) in [5.41, 5.74) is 1.00. The molecule has 0 aliphatic carbocycles. The number of amides is 1. The van der Waals surface area contributed by atoms with Gasteiger partial charge in [0.1, 0.15) is 18.1 Å². The number of aryl methyl sites for hydroxylation is 1. The number of rotatable bonds is 7. The second kappa shape index (κ2) is 8.79. The van der Waals surface area contributed by atoms with E-state index < -0.39 is 0 Å². The third-order valence-electron chi connectivity index (χ3n) is 4.15. The number of ether oxygens (including phenoxy) is 2. The molecule has 4 aromatic rings. The van der Waals surface area contributed by atoms with Crippen LogP contribution in [-0.4, -0.2) is 21.9 Å². The number of nitrogens with one attached hydrogen (secondary N) is 1. The van der Waals surface area contributed by atoms with Gasteiger partial charge < -0.3 is 14.8 Å². The molecule has 0 bridgehead atoms. The van der Waals surface area contributed by atoms with Crippen LogP contribution in [0.1, 0.15) is 10.6 Å². The Hall–Kier alpha value is -3.65. The number of hydrogen-bond acceptors (Lipinski definition) is 6. The highest BCUT2D eigenvalue weighted by Gasteiger charge is 2.08. The number of para-hydroxylation sites is 1. The summed E-state index contributed by atoms with van der Waals surface area (Å²) in [5.74, 6) is 0.913. The largest absolute Gasteiger partial charge is 0.487 e. The van der Waals surface area contributed by atoms with Crippen LogP contribution in [0.15, 0.2) is 71.7 Å². The molecule has 0 atom stereocenters. The van der Waals surface area contributed by atoms with E-state index in [1.54, 1.807) is 42.6 Å². The lowest BCUT2D eigenvalue weighted by molar-refractivity contribution is -0.118. The van der Waals surface area contributed by atoms with Crippen LogP contribution in [0.4, 0.5) is 5.69 Å². The molecule has 30 heavy (non-hydrogen) atoms. The van der Waals surface area contributed by atoms with Crippen molar-refractivity contribution in [2.45, 2.75) is 13.5 Å². The van der Waals surface area contributed by atoms with E-state index in [0.29, 0.717) is 27.8 Å². The fourth-order valence-electron chi connectivity index (χ4n) is 2.82. The summed E-state index contributed by atoms with van der Waals surface area (Å²) in [7, 11) is 0. The second-order valence-electron chi connectivity index (χ2n) is 6.55. The van der Waals surface area contributed by atoms with E-state index in [9.17, 15) is 9.59 Å². The summed E-state index contributed by atoms with van der Waals surface area (Å²) in [4.78, 5) is 30.4. The summed E-state index contributed by atoms with van der Waals surface area (Å²) in [5, 5.41) is 2.78. The molecule has 0 saturated carbocycles. The van der Waals surface area contributed by atoms with Gasteiger partial charge in [-0.1, -0.05) is 24.3 Å². The zero-order chi connectivity index (χ0) is 20.9. The molecule has 0 radical (unpaired) electrons. The van der Waals surface area contributed by atoms with E-state index in [1.165, 1.54) is 21.8 Å². The molecule has 0 aliphatic heterocycles. The van der Waals surface area contributed by atoms with E-state index >= 15 is 0 Å².